The summed E-state index contributed by atoms with van der Waals surface area (Å²) in [4.78, 5) is 6.93. The van der Waals surface area contributed by atoms with E-state index in [4.69, 9.17) is 9.47 Å². The Kier molecular flexibility index (Phi) is 2.77. The van der Waals surface area contributed by atoms with E-state index in [1.165, 1.54) is 0 Å². The number of nitrogens with zero attached hydrogens (tertiary/aromatic N) is 1. The zero-order valence-electron chi connectivity index (χ0n) is 9.64. The van der Waals surface area contributed by atoms with Crippen LogP contribution in [0.5, 0.6) is 17.2 Å². The number of rotatable bonds is 4. The molecule has 0 spiro atoms. The number of phenols is 1. The number of nitrogens with one attached hydrogen (secondary N) is 2. The third-order valence-corrected chi connectivity index (χ3v) is 2.76. The van der Waals surface area contributed by atoms with Crippen LogP contribution in [0, 0.1) is 0 Å². The average molecular weight is 247 g/mol. The maximum atomic E-state index is 9.84. The quantitative estimate of drug-likeness (QED) is 0.754. The molecule has 94 valence electrons. The Morgan fingerprint density at radius 3 is 2.89 bits per heavy atom. The molecule has 0 radical (unpaired) electrons. The van der Waals surface area contributed by atoms with Crippen LogP contribution in [0.25, 0.3) is 0 Å². The molecule has 1 aromatic heterocycles. The first-order valence-corrected chi connectivity index (χ1v) is 5.62. The summed E-state index contributed by atoms with van der Waals surface area (Å²) in [6, 6.07) is 3.37. The molecule has 0 unspecified atom stereocenters. The molecule has 6 heteroatoms. The Morgan fingerprint density at radius 1 is 1.28 bits per heavy atom. The van der Waals surface area contributed by atoms with Gasteiger partial charge in [-0.3, -0.25) is 0 Å². The molecule has 0 amide bonds. The van der Waals surface area contributed by atoms with E-state index in [-0.39, 0.29) is 12.5 Å². The molecule has 3 rings (SSSR count). The normalized spacial score (nSPS) is 12.9. The van der Waals surface area contributed by atoms with Gasteiger partial charge in [-0.05, 0) is 6.07 Å². The van der Waals surface area contributed by atoms with Crippen molar-refractivity contribution in [3.63, 3.8) is 0 Å². The summed E-state index contributed by atoms with van der Waals surface area (Å²) in [5.41, 5.74) is 1.77. The van der Waals surface area contributed by atoms with E-state index in [1.54, 1.807) is 24.7 Å². The molecule has 2 aromatic rings. The molecule has 2 heterocycles. The highest BCUT2D eigenvalue weighted by Gasteiger charge is 2.16. The Hall–Kier alpha value is -2.21. The van der Waals surface area contributed by atoms with Gasteiger partial charge in [0.1, 0.15) is 5.75 Å². The van der Waals surface area contributed by atoms with Gasteiger partial charge in [0.15, 0.2) is 11.5 Å². The lowest BCUT2D eigenvalue weighted by Gasteiger charge is -2.07. The molecular weight excluding hydrogens is 234 g/mol. The monoisotopic (exact) mass is 247 g/mol. The van der Waals surface area contributed by atoms with E-state index in [2.05, 4.69) is 15.3 Å². The third kappa shape index (κ3) is 2.10. The van der Waals surface area contributed by atoms with E-state index in [1.807, 2.05) is 0 Å². The van der Waals surface area contributed by atoms with Gasteiger partial charge in [-0.1, -0.05) is 0 Å². The van der Waals surface area contributed by atoms with Gasteiger partial charge < -0.3 is 24.9 Å². The number of aromatic nitrogens is 2. The SMILES string of the molecule is Oc1cc2c(cc1CNCc1cnc[nH]1)OCO2. The second-order valence-corrected chi connectivity index (χ2v) is 4.01. The van der Waals surface area contributed by atoms with Crippen LogP contribution < -0.4 is 14.8 Å². The minimum atomic E-state index is 0.205. The van der Waals surface area contributed by atoms with Crippen molar-refractivity contribution in [2.45, 2.75) is 13.1 Å². The smallest absolute Gasteiger partial charge is 0.231 e. The van der Waals surface area contributed by atoms with Crippen LogP contribution in [-0.4, -0.2) is 21.9 Å². The summed E-state index contributed by atoms with van der Waals surface area (Å²) in [6.45, 7) is 1.41. The number of aromatic amines is 1. The van der Waals surface area contributed by atoms with Gasteiger partial charge in [0.05, 0.1) is 6.33 Å². The molecule has 0 aliphatic carbocycles. The molecule has 6 nitrogen and oxygen atoms in total. The lowest BCUT2D eigenvalue weighted by molar-refractivity contribution is 0.174. The number of fused-ring (bicyclic) bond motifs is 1. The number of phenolic OH excluding ortho intramolecular Hbond substituents is 1. The van der Waals surface area contributed by atoms with Crippen LogP contribution in [0.4, 0.5) is 0 Å². The zero-order valence-corrected chi connectivity index (χ0v) is 9.64. The fourth-order valence-electron chi connectivity index (χ4n) is 1.83. The average Bonchev–Trinajstić information content (AvgIpc) is 3.00. The molecule has 0 fully saturated rings. The molecule has 1 aliphatic rings. The van der Waals surface area contributed by atoms with E-state index in [0.717, 1.165) is 11.3 Å². The fourth-order valence-corrected chi connectivity index (χ4v) is 1.83. The van der Waals surface area contributed by atoms with Crippen molar-refractivity contribution < 1.29 is 14.6 Å². The van der Waals surface area contributed by atoms with E-state index < -0.39 is 0 Å². The molecule has 1 aliphatic heterocycles. The van der Waals surface area contributed by atoms with Gasteiger partial charge in [-0.2, -0.15) is 0 Å². The van der Waals surface area contributed by atoms with Crippen LogP contribution in [0.3, 0.4) is 0 Å². The Morgan fingerprint density at radius 2 is 2.11 bits per heavy atom. The number of H-pyrrole nitrogens is 1. The first-order valence-electron chi connectivity index (χ1n) is 5.62. The summed E-state index contributed by atoms with van der Waals surface area (Å²) in [7, 11) is 0. The fraction of sp³-hybridized carbons (Fsp3) is 0.250. The number of ether oxygens (including phenoxy) is 2. The first-order chi connectivity index (χ1) is 8.83. The summed E-state index contributed by atoms with van der Waals surface area (Å²) in [6.07, 6.45) is 3.39. The summed E-state index contributed by atoms with van der Waals surface area (Å²) in [5, 5.41) is 13.0. The van der Waals surface area contributed by atoms with Crippen LogP contribution in [0.15, 0.2) is 24.7 Å². The second-order valence-electron chi connectivity index (χ2n) is 4.01. The Balaban J connectivity index is 1.66. The summed E-state index contributed by atoms with van der Waals surface area (Å²) in [5.74, 6) is 1.47. The van der Waals surface area contributed by atoms with Gasteiger partial charge in [-0.15, -0.1) is 0 Å². The highest BCUT2D eigenvalue weighted by Crippen LogP contribution is 2.37. The molecule has 0 saturated heterocycles. The van der Waals surface area contributed by atoms with Crippen molar-refractivity contribution in [3.05, 3.63) is 35.9 Å². The molecule has 3 N–H and O–H groups in total. The summed E-state index contributed by atoms with van der Waals surface area (Å²) < 4.78 is 10.5. The molecule has 0 atom stereocenters. The van der Waals surface area contributed by atoms with Gasteiger partial charge in [0, 0.05) is 36.6 Å². The van der Waals surface area contributed by atoms with Crippen molar-refractivity contribution in [1.29, 1.82) is 0 Å². The van der Waals surface area contributed by atoms with Crippen LogP contribution >= 0.6 is 0 Å². The van der Waals surface area contributed by atoms with Crippen molar-refractivity contribution >= 4 is 0 Å². The van der Waals surface area contributed by atoms with Gasteiger partial charge in [0.2, 0.25) is 6.79 Å². The van der Waals surface area contributed by atoms with Crippen LogP contribution in [0.2, 0.25) is 0 Å². The van der Waals surface area contributed by atoms with Gasteiger partial charge >= 0.3 is 0 Å². The Bertz CT molecular complexity index is 540. The highest BCUT2D eigenvalue weighted by atomic mass is 16.7. The zero-order chi connectivity index (χ0) is 12.4. The maximum absolute atomic E-state index is 9.84. The number of aromatic hydroxyl groups is 1. The molecular formula is C12H13N3O3. The number of hydrogen-bond donors (Lipinski definition) is 3. The Labute approximate surface area is 104 Å². The second kappa shape index (κ2) is 4.58. The van der Waals surface area contributed by atoms with Gasteiger partial charge in [-0.25, -0.2) is 4.98 Å². The summed E-state index contributed by atoms with van der Waals surface area (Å²) >= 11 is 0. The van der Waals surface area contributed by atoms with Crippen molar-refractivity contribution in [3.8, 4) is 17.2 Å². The minimum absolute atomic E-state index is 0.205. The largest absolute Gasteiger partial charge is 0.507 e. The highest BCUT2D eigenvalue weighted by molar-refractivity contribution is 5.51. The number of hydrogen-bond acceptors (Lipinski definition) is 5. The molecule has 1 aromatic carbocycles. The lowest BCUT2D eigenvalue weighted by atomic mass is 10.1. The van der Waals surface area contributed by atoms with E-state index in [0.29, 0.717) is 24.6 Å². The predicted octanol–water partition coefficient (Wildman–Crippen LogP) is 1.13. The number of benzene rings is 1. The molecule has 18 heavy (non-hydrogen) atoms. The van der Waals surface area contributed by atoms with Crippen molar-refractivity contribution in [2.24, 2.45) is 0 Å². The molecule has 0 saturated carbocycles. The van der Waals surface area contributed by atoms with Gasteiger partial charge in [0.25, 0.3) is 0 Å². The van der Waals surface area contributed by atoms with Crippen LogP contribution in [-0.2, 0) is 13.1 Å². The minimum Gasteiger partial charge on any atom is -0.507 e. The van der Waals surface area contributed by atoms with E-state index in [9.17, 15) is 5.11 Å². The van der Waals surface area contributed by atoms with Crippen LogP contribution in [0.1, 0.15) is 11.3 Å². The third-order valence-electron chi connectivity index (χ3n) is 2.76. The van der Waals surface area contributed by atoms with Crippen molar-refractivity contribution in [2.75, 3.05) is 6.79 Å². The number of imidazole rings is 1. The predicted molar refractivity (Wildman–Crippen MR) is 63.4 cm³/mol. The topological polar surface area (TPSA) is 79.4 Å². The lowest BCUT2D eigenvalue weighted by Crippen LogP contribution is -2.13. The first kappa shape index (κ1) is 10.9. The van der Waals surface area contributed by atoms with E-state index >= 15 is 0 Å². The molecule has 0 bridgehead atoms. The maximum Gasteiger partial charge on any atom is 0.231 e. The van der Waals surface area contributed by atoms with Crippen molar-refractivity contribution in [1.82, 2.24) is 15.3 Å². The standard InChI is InChI=1S/C12H13N3O3/c16-10-2-12-11(17-7-18-12)1-8(10)3-13-4-9-5-14-6-15-9/h1-2,5-6,13,16H,3-4,7H2,(H,14,15).